The third-order valence-electron chi connectivity index (χ3n) is 2.09. The average molecular weight is 241 g/mol. The number of ether oxygens (including phenoxy) is 2. The number of thioether (sulfide) groups is 1. The van der Waals surface area contributed by atoms with Gasteiger partial charge in [0.1, 0.15) is 0 Å². The maximum atomic E-state index is 5.53. The Morgan fingerprint density at radius 1 is 1.12 bits per heavy atom. The SMILES string of the molecule is COCCOCCSc1ccc(CN)cc1. The van der Waals surface area contributed by atoms with E-state index in [4.69, 9.17) is 15.2 Å². The van der Waals surface area contributed by atoms with Crippen LogP contribution in [0.5, 0.6) is 0 Å². The number of benzene rings is 1. The van der Waals surface area contributed by atoms with Crippen molar-refractivity contribution in [2.75, 3.05) is 32.7 Å². The van der Waals surface area contributed by atoms with Gasteiger partial charge in [-0.2, -0.15) is 0 Å². The van der Waals surface area contributed by atoms with Crippen molar-refractivity contribution in [2.24, 2.45) is 5.73 Å². The van der Waals surface area contributed by atoms with E-state index in [1.54, 1.807) is 18.9 Å². The van der Waals surface area contributed by atoms with E-state index in [0.29, 0.717) is 19.8 Å². The minimum Gasteiger partial charge on any atom is -0.382 e. The molecule has 0 bridgehead atoms. The lowest BCUT2D eigenvalue weighted by Gasteiger charge is -2.04. The Kier molecular flexibility index (Phi) is 7.25. The molecule has 4 heteroatoms. The molecule has 0 aliphatic heterocycles. The Balaban J connectivity index is 2.12. The highest BCUT2D eigenvalue weighted by Crippen LogP contribution is 2.17. The summed E-state index contributed by atoms with van der Waals surface area (Å²) in [5, 5.41) is 0. The topological polar surface area (TPSA) is 44.5 Å². The van der Waals surface area contributed by atoms with Crippen molar-refractivity contribution >= 4 is 11.8 Å². The molecule has 0 spiro atoms. The summed E-state index contributed by atoms with van der Waals surface area (Å²) < 4.78 is 10.3. The quantitative estimate of drug-likeness (QED) is 0.558. The fourth-order valence-electron chi connectivity index (χ4n) is 1.18. The Morgan fingerprint density at radius 3 is 2.50 bits per heavy atom. The largest absolute Gasteiger partial charge is 0.382 e. The summed E-state index contributed by atoms with van der Waals surface area (Å²) in [6.07, 6.45) is 0. The van der Waals surface area contributed by atoms with Gasteiger partial charge in [-0.25, -0.2) is 0 Å². The molecular weight excluding hydrogens is 222 g/mol. The minimum absolute atomic E-state index is 0.602. The van der Waals surface area contributed by atoms with Gasteiger partial charge >= 0.3 is 0 Å². The van der Waals surface area contributed by atoms with Crippen LogP contribution >= 0.6 is 11.8 Å². The highest BCUT2D eigenvalue weighted by atomic mass is 32.2. The molecule has 0 fully saturated rings. The summed E-state index contributed by atoms with van der Waals surface area (Å²) in [5.74, 6) is 0.964. The van der Waals surface area contributed by atoms with E-state index in [-0.39, 0.29) is 0 Å². The van der Waals surface area contributed by atoms with Gasteiger partial charge in [-0.15, -0.1) is 11.8 Å². The van der Waals surface area contributed by atoms with Crippen LogP contribution in [-0.2, 0) is 16.0 Å². The normalized spacial score (nSPS) is 10.6. The molecule has 0 saturated carbocycles. The van der Waals surface area contributed by atoms with E-state index in [0.717, 1.165) is 12.4 Å². The Hall–Kier alpha value is -0.550. The van der Waals surface area contributed by atoms with Gasteiger partial charge in [0.25, 0.3) is 0 Å². The monoisotopic (exact) mass is 241 g/mol. The maximum Gasteiger partial charge on any atom is 0.0700 e. The van der Waals surface area contributed by atoms with Crippen LogP contribution in [0.1, 0.15) is 5.56 Å². The van der Waals surface area contributed by atoms with Crippen molar-refractivity contribution in [1.29, 1.82) is 0 Å². The summed E-state index contributed by atoms with van der Waals surface area (Å²) >= 11 is 1.79. The molecule has 0 aliphatic carbocycles. The Morgan fingerprint density at radius 2 is 1.88 bits per heavy atom. The fourth-order valence-corrected chi connectivity index (χ4v) is 1.95. The molecule has 1 aromatic rings. The van der Waals surface area contributed by atoms with Crippen LogP contribution in [0.2, 0.25) is 0 Å². The molecule has 0 aliphatic rings. The molecule has 0 unspecified atom stereocenters. The number of rotatable bonds is 8. The van der Waals surface area contributed by atoms with Gasteiger partial charge < -0.3 is 15.2 Å². The number of hydrogen-bond acceptors (Lipinski definition) is 4. The molecule has 90 valence electrons. The van der Waals surface area contributed by atoms with E-state index < -0.39 is 0 Å². The van der Waals surface area contributed by atoms with E-state index in [2.05, 4.69) is 24.3 Å². The lowest BCUT2D eigenvalue weighted by Crippen LogP contribution is -2.04. The van der Waals surface area contributed by atoms with Crippen molar-refractivity contribution in [3.8, 4) is 0 Å². The molecule has 0 saturated heterocycles. The van der Waals surface area contributed by atoms with E-state index in [1.165, 1.54) is 10.5 Å². The highest BCUT2D eigenvalue weighted by Gasteiger charge is 1.95. The van der Waals surface area contributed by atoms with Crippen molar-refractivity contribution in [2.45, 2.75) is 11.4 Å². The molecule has 0 amide bonds. The van der Waals surface area contributed by atoms with Crippen molar-refractivity contribution in [3.05, 3.63) is 29.8 Å². The average Bonchev–Trinajstić information content (AvgIpc) is 2.34. The zero-order chi connectivity index (χ0) is 11.6. The predicted octanol–water partition coefficient (Wildman–Crippen LogP) is 1.90. The highest BCUT2D eigenvalue weighted by molar-refractivity contribution is 7.99. The predicted molar refractivity (Wildman–Crippen MR) is 67.8 cm³/mol. The lowest BCUT2D eigenvalue weighted by atomic mass is 10.2. The first-order valence-electron chi connectivity index (χ1n) is 5.35. The fraction of sp³-hybridized carbons (Fsp3) is 0.500. The number of hydrogen-bond donors (Lipinski definition) is 1. The molecule has 16 heavy (non-hydrogen) atoms. The van der Waals surface area contributed by atoms with Crippen molar-refractivity contribution in [1.82, 2.24) is 0 Å². The molecule has 0 heterocycles. The van der Waals surface area contributed by atoms with Crippen LogP contribution in [-0.4, -0.2) is 32.7 Å². The zero-order valence-electron chi connectivity index (χ0n) is 9.65. The third-order valence-corrected chi connectivity index (χ3v) is 3.06. The molecule has 1 rings (SSSR count). The summed E-state index contributed by atoms with van der Waals surface area (Å²) in [6, 6.07) is 8.33. The standard InChI is InChI=1S/C12H19NO2S/c1-14-6-7-15-8-9-16-12-4-2-11(10-13)3-5-12/h2-5H,6-10,13H2,1H3. The number of methoxy groups -OCH3 is 1. The van der Waals surface area contributed by atoms with E-state index >= 15 is 0 Å². The molecule has 1 aromatic carbocycles. The second-order valence-electron chi connectivity index (χ2n) is 3.30. The maximum absolute atomic E-state index is 5.53. The van der Waals surface area contributed by atoms with Crippen LogP contribution in [0.4, 0.5) is 0 Å². The van der Waals surface area contributed by atoms with Gasteiger partial charge in [0.05, 0.1) is 19.8 Å². The first-order valence-corrected chi connectivity index (χ1v) is 6.34. The van der Waals surface area contributed by atoms with Gasteiger partial charge in [-0.05, 0) is 17.7 Å². The van der Waals surface area contributed by atoms with Crippen LogP contribution in [0, 0.1) is 0 Å². The van der Waals surface area contributed by atoms with Gasteiger partial charge in [-0.3, -0.25) is 0 Å². The summed E-state index contributed by atoms with van der Waals surface area (Å²) in [7, 11) is 1.68. The zero-order valence-corrected chi connectivity index (χ0v) is 10.5. The minimum atomic E-state index is 0.602. The van der Waals surface area contributed by atoms with Gasteiger partial charge in [-0.1, -0.05) is 12.1 Å². The van der Waals surface area contributed by atoms with Crippen LogP contribution in [0.15, 0.2) is 29.2 Å². The van der Waals surface area contributed by atoms with Gasteiger partial charge in [0, 0.05) is 24.3 Å². The summed E-state index contributed by atoms with van der Waals surface area (Å²) in [6.45, 7) is 2.69. The summed E-state index contributed by atoms with van der Waals surface area (Å²) in [5.41, 5.74) is 6.70. The van der Waals surface area contributed by atoms with E-state index in [1.807, 2.05) is 0 Å². The molecule has 0 aromatic heterocycles. The van der Waals surface area contributed by atoms with Crippen LogP contribution in [0.25, 0.3) is 0 Å². The molecular formula is C12H19NO2S. The van der Waals surface area contributed by atoms with Gasteiger partial charge in [0.2, 0.25) is 0 Å². The number of nitrogens with two attached hydrogens (primary N) is 1. The molecule has 2 N–H and O–H groups in total. The smallest absolute Gasteiger partial charge is 0.0700 e. The van der Waals surface area contributed by atoms with Crippen LogP contribution in [0.3, 0.4) is 0 Å². The van der Waals surface area contributed by atoms with E-state index in [9.17, 15) is 0 Å². The third kappa shape index (κ3) is 5.51. The second-order valence-corrected chi connectivity index (χ2v) is 4.47. The van der Waals surface area contributed by atoms with Crippen molar-refractivity contribution in [3.63, 3.8) is 0 Å². The van der Waals surface area contributed by atoms with Gasteiger partial charge in [0.15, 0.2) is 0 Å². The first-order chi connectivity index (χ1) is 7.86. The Labute approximate surface area is 101 Å². The summed E-state index contributed by atoms with van der Waals surface area (Å²) in [4.78, 5) is 1.26. The molecule has 0 atom stereocenters. The molecule has 0 radical (unpaired) electrons. The van der Waals surface area contributed by atoms with Crippen LogP contribution < -0.4 is 5.73 Å². The van der Waals surface area contributed by atoms with Crippen molar-refractivity contribution < 1.29 is 9.47 Å². The first kappa shape index (κ1) is 13.5. The Bertz CT molecular complexity index is 277. The lowest BCUT2D eigenvalue weighted by molar-refractivity contribution is 0.0790. The second kappa shape index (κ2) is 8.58. The molecule has 3 nitrogen and oxygen atoms in total.